The molecule has 0 aromatic carbocycles. The lowest BCUT2D eigenvalue weighted by molar-refractivity contribution is 0.213. The van der Waals surface area contributed by atoms with Gasteiger partial charge in [0, 0.05) is 30.7 Å². The van der Waals surface area contributed by atoms with E-state index in [4.69, 9.17) is 0 Å². The molecule has 5 nitrogen and oxygen atoms in total. The molecule has 1 aromatic rings. The number of aliphatic imine (C=N–C) groups is 1. The van der Waals surface area contributed by atoms with Gasteiger partial charge >= 0.3 is 0 Å². The van der Waals surface area contributed by atoms with Gasteiger partial charge in [-0.1, -0.05) is 13.8 Å². The quantitative estimate of drug-likeness (QED) is 0.593. The van der Waals surface area contributed by atoms with Gasteiger partial charge in [0.2, 0.25) is 0 Å². The molecule has 0 amide bonds. The maximum atomic E-state index is 4.38. The zero-order chi connectivity index (χ0) is 16.7. The third-order valence-corrected chi connectivity index (χ3v) is 5.12. The topological polar surface area (TPSA) is 52.6 Å². The zero-order valence-corrected chi connectivity index (χ0v) is 15.7. The number of nitrogens with zero attached hydrogens (tertiary/aromatic N) is 3. The lowest BCUT2D eigenvalue weighted by atomic mass is 10.0. The average molecular weight is 338 g/mol. The molecule has 1 unspecified atom stereocenters. The Morgan fingerprint density at radius 3 is 2.65 bits per heavy atom. The van der Waals surface area contributed by atoms with Gasteiger partial charge in [0.15, 0.2) is 5.96 Å². The fourth-order valence-corrected chi connectivity index (χ4v) is 3.82. The Labute approximate surface area is 144 Å². The largest absolute Gasteiger partial charge is 0.355 e. The summed E-state index contributed by atoms with van der Waals surface area (Å²) in [7, 11) is 1.83. The SMILES string of the molecule is CN=C(NCc1ncc(C)s1)NCC(CC(C)C)N1CCCC1. The molecule has 0 radical (unpaired) electrons. The van der Waals surface area contributed by atoms with Crippen LogP contribution in [0.1, 0.15) is 43.0 Å². The van der Waals surface area contributed by atoms with Crippen LogP contribution in [0.15, 0.2) is 11.2 Å². The standard InChI is InChI=1S/C17H31N5S/c1-13(2)9-15(22-7-5-6-8-22)11-20-17(18-4)21-12-16-19-10-14(3)23-16/h10,13,15H,5-9,11-12H2,1-4H3,(H2,18,20,21). The molecule has 0 aliphatic carbocycles. The van der Waals surface area contributed by atoms with Crippen molar-refractivity contribution in [1.29, 1.82) is 0 Å². The molecule has 1 aliphatic heterocycles. The molecule has 1 aromatic heterocycles. The van der Waals surface area contributed by atoms with Gasteiger partial charge in [0.25, 0.3) is 0 Å². The molecule has 2 heterocycles. The number of thiazole rings is 1. The number of likely N-dealkylation sites (tertiary alicyclic amines) is 1. The Balaban J connectivity index is 1.81. The predicted molar refractivity (Wildman–Crippen MR) is 99.1 cm³/mol. The minimum atomic E-state index is 0.596. The van der Waals surface area contributed by atoms with Gasteiger partial charge in [-0.05, 0) is 45.2 Å². The highest BCUT2D eigenvalue weighted by atomic mass is 32.1. The minimum Gasteiger partial charge on any atom is -0.355 e. The van der Waals surface area contributed by atoms with Gasteiger partial charge in [0.1, 0.15) is 5.01 Å². The molecule has 1 saturated heterocycles. The third kappa shape index (κ3) is 6.11. The van der Waals surface area contributed by atoms with Crippen LogP contribution < -0.4 is 10.6 Å². The van der Waals surface area contributed by atoms with Crippen LogP contribution in [0.3, 0.4) is 0 Å². The maximum absolute atomic E-state index is 4.38. The van der Waals surface area contributed by atoms with Crippen LogP contribution in [0.4, 0.5) is 0 Å². The lowest BCUT2D eigenvalue weighted by Gasteiger charge is -2.29. The Hall–Kier alpha value is -1.14. The Kier molecular flexibility index (Phi) is 7.30. The van der Waals surface area contributed by atoms with Crippen molar-refractivity contribution in [1.82, 2.24) is 20.5 Å². The van der Waals surface area contributed by atoms with E-state index in [0.717, 1.165) is 30.0 Å². The number of rotatable bonds is 7. The molecule has 130 valence electrons. The summed E-state index contributed by atoms with van der Waals surface area (Å²) in [6.45, 7) is 10.9. The number of aromatic nitrogens is 1. The van der Waals surface area contributed by atoms with E-state index in [2.05, 4.69) is 46.3 Å². The smallest absolute Gasteiger partial charge is 0.191 e. The van der Waals surface area contributed by atoms with Crippen molar-refractivity contribution in [3.05, 3.63) is 16.1 Å². The fourth-order valence-electron chi connectivity index (χ4n) is 3.09. The molecule has 2 N–H and O–H groups in total. The minimum absolute atomic E-state index is 0.596. The van der Waals surface area contributed by atoms with Crippen molar-refractivity contribution in [2.75, 3.05) is 26.7 Å². The Morgan fingerprint density at radius 2 is 2.09 bits per heavy atom. The molecule has 23 heavy (non-hydrogen) atoms. The van der Waals surface area contributed by atoms with E-state index in [1.807, 2.05) is 13.2 Å². The van der Waals surface area contributed by atoms with Gasteiger partial charge in [-0.15, -0.1) is 11.3 Å². The molecule has 0 spiro atoms. The summed E-state index contributed by atoms with van der Waals surface area (Å²) >= 11 is 1.73. The first kappa shape index (κ1) is 18.2. The molecule has 0 bridgehead atoms. The van der Waals surface area contributed by atoms with Crippen LogP contribution in [0.5, 0.6) is 0 Å². The highest BCUT2D eigenvalue weighted by Gasteiger charge is 2.22. The van der Waals surface area contributed by atoms with Crippen molar-refractivity contribution in [3.63, 3.8) is 0 Å². The molecule has 1 aliphatic rings. The van der Waals surface area contributed by atoms with Crippen LogP contribution in [-0.4, -0.2) is 48.6 Å². The van der Waals surface area contributed by atoms with E-state index in [0.29, 0.717) is 6.04 Å². The first-order valence-corrected chi connectivity index (χ1v) is 9.50. The summed E-state index contributed by atoms with van der Waals surface area (Å²) in [4.78, 5) is 12.6. The van der Waals surface area contributed by atoms with Gasteiger partial charge in [-0.3, -0.25) is 9.89 Å². The van der Waals surface area contributed by atoms with E-state index < -0.39 is 0 Å². The third-order valence-electron chi connectivity index (χ3n) is 4.21. The predicted octanol–water partition coefficient (Wildman–Crippen LogP) is 2.63. The van der Waals surface area contributed by atoms with Crippen LogP contribution in [0.25, 0.3) is 0 Å². The van der Waals surface area contributed by atoms with Crippen molar-refractivity contribution in [3.8, 4) is 0 Å². The first-order valence-electron chi connectivity index (χ1n) is 8.68. The van der Waals surface area contributed by atoms with Crippen LogP contribution in [0, 0.1) is 12.8 Å². The van der Waals surface area contributed by atoms with E-state index in [1.54, 1.807) is 11.3 Å². The number of hydrogen-bond acceptors (Lipinski definition) is 4. The molecule has 6 heteroatoms. The van der Waals surface area contributed by atoms with Crippen molar-refractivity contribution < 1.29 is 0 Å². The van der Waals surface area contributed by atoms with Crippen molar-refractivity contribution in [2.45, 2.75) is 52.6 Å². The van der Waals surface area contributed by atoms with Gasteiger partial charge in [0.05, 0.1) is 6.54 Å². The number of guanidine groups is 1. The average Bonchev–Trinajstić information content (AvgIpc) is 3.17. The van der Waals surface area contributed by atoms with Crippen LogP contribution >= 0.6 is 11.3 Å². The molecule has 0 saturated carbocycles. The van der Waals surface area contributed by atoms with Crippen molar-refractivity contribution in [2.24, 2.45) is 10.9 Å². The summed E-state index contributed by atoms with van der Waals surface area (Å²) in [5.41, 5.74) is 0. The van der Waals surface area contributed by atoms with Crippen molar-refractivity contribution >= 4 is 17.3 Å². The van der Waals surface area contributed by atoms with Crippen LogP contribution in [0.2, 0.25) is 0 Å². The number of nitrogens with one attached hydrogen (secondary N) is 2. The second-order valence-electron chi connectivity index (χ2n) is 6.70. The van der Waals surface area contributed by atoms with E-state index in [-0.39, 0.29) is 0 Å². The summed E-state index contributed by atoms with van der Waals surface area (Å²) in [5.74, 6) is 1.58. The first-order chi connectivity index (χ1) is 11.1. The van der Waals surface area contributed by atoms with E-state index >= 15 is 0 Å². The normalized spacial score (nSPS) is 17.7. The van der Waals surface area contributed by atoms with E-state index in [9.17, 15) is 0 Å². The highest BCUT2D eigenvalue weighted by molar-refractivity contribution is 7.11. The van der Waals surface area contributed by atoms with Gasteiger partial charge in [-0.2, -0.15) is 0 Å². The molecule has 1 atom stereocenters. The number of hydrogen-bond donors (Lipinski definition) is 2. The second-order valence-corrected chi connectivity index (χ2v) is 8.02. The maximum Gasteiger partial charge on any atom is 0.191 e. The summed E-state index contributed by atoms with van der Waals surface area (Å²) in [6, 6.07) is 0.596. The lowest BCUT2D eigenvalue weighted by Crippen LogP contribution is -2.46. The summed E-state index contributed by atoms with van der Waals surface area (Å²) in [5, 5.41) is 7.97. The van der Waals surface area contributed by atoms with Gasteiger partial charge < -0.3 is 10.6 Å². The summed E-state index contributed by atoms with van der Waals surface area (Å²) < 4.78 is 0. The summed E-state index contributed by atoms with van der Waals surface area (Å²) in [6.07, 6.45) is 5.83. The zero-order valence-electron chi connectivity index (χ0n) is 14.9. The fraction of sp³-hybridized carbons (Fsp3) is 0.765. The monoisotopic (exact) mass is 337 g/mol. The molecule has 1 fully saturated rings. The van der Waals surface area contributed by atoms with E-state index in [1.165, 1.54) is 37.2 Å². The molecular formula is C17H31N5S. The highest BCUT2D eigenvalue weighted by Crippen LogP contribution is 2.17. The second kappa shape index (κ2) is 9.23. The Morgan fingerprint density at radius 1 is 1.35 bits per heavy atom. The number of aryl methyl sites for hydroxylation is 1. The Bertz CT molecular complexity index is 491. The van der Waals surface area contributed by atoms with Gasteiger partial charge in [-0.25, -0.2) is 4.98 Å². The van der Waals surface area contributed by atoms with Crippen LogP contribution in [-0.2, 0) is 6.54 Å². The molecule has 2 rings (SSSR count). The molecular weight excluding hydrogens is 306 g/mol.